The quantitative estimate of drug-likeness (QED) is 0.249. The molecule has 0 bridgehead atoms. The number of anilines is 2. The summed E-state index contributed by atoms with van der Waals surface area (Å²) in [6.07, 6.45) is 3.76. The van der Waals surface area contributed by atoms with E-state index in [-0.39, 0.29) is 10.8 Å². The van der Waals surface area contributed by atoms with Crippen LogP contribution < -0.4 is 9.80 Å². The van der Waals surface area contributed by atoms with Crippen LogP contribution in [-0.4, -0.2) is 14.1 Å². The van der Waals surface area contributed by atoms with Crippen LogP contribution in [0, 0.1) is 0 Å². The van der Waals surface area contributed by atoms with Gasteiger partial charge in [0, 0.05) is 58.5 Å². The molecule has 2 aliphatic rings. The van der Waals surface area contributed by atoms with Gasteiger partial charge in [0.1, 0.15) is 0 Å². The van der Waals surface area contributed by atoms with E-state index in [4.69, 9.17) is 0 Å². The molecule has 2 heterocycles. The van der Waals surface area contributed by atoms with Crippen LogP contribution in [0.25, 0.3) is 10.8 Å². The zero-order chi connectivity index (χ0) is 28.1. The molecule has 0 unspecified atom stereocenters. The first-order chi connectivity index (χ1) is 19.2. The number of allylic oxidation sites excluding steroid dienone is 2. The Balaban J connectivity index is 1.29. The first-order valence-corrected chi connectivity index (χ1v) is 13.6. The van der Waals surface area contributed by atoms with E-state index >= 15 is 0 Å². The number of rotatable bonds is 4. The zero-order valence-corrected chi connectivity index (χ0v) is 23.9. The van der Waals surface area contributed by atoms with Crippen molar-refractivity contribution in [1.29, 1.82) is 0 Å². The maximum atomic E-state index is 4.63. The molecule has 6 rings (SSSR count). The fourth-order valence-corrected chi connectivity index (χ4v) is 6.20. The molecule has 40 heavy (non-hydrogen) atoms. The van der Waals surface area contributed by atoms with Crippen molar-refractivity contribution in [1.82, 2.24) is 0 Å². The van der Waals surface area contributed by atoms with Gasteiger partial charge in [0.15, 0.2) is 0 Å². The summed E-state index contributed by atoms with van der Waals surface area (Å²) in [6, 6.07) is 29.1. The molecule has 0 atom stereocenters. The summed E-state index contributed by atoms with van der Waals surface area (Å²) in [5.74, 6) is 0. The second-order valence-electron chi connectivity index (χ2n) is 11.5. The SMILES string of the molecule is CN1/C(=C/N=Nc2cccc3c(N=N/C=C4/N(C)c5ccccc5C4(C)C)cccc23)C(C)(C)c2ccccc21. The van der Waals surface area contributed by atoms with E-state index in [1.807, 2.05) is 36.7 Å². The number of para-hydroxylation sites is 2. The second kappa shape index (κ2) is 9.56. The molecule has 2 aliphatic heterocycles. The van der Waals surface area contributed by atoms with Gasteiger partial charge in [-0.1, -0.05) is 88.4 Å². The van der Waals surface area contributed by atoms with E-state index in [1.54, 1.807) is 0 Å². The monoisotopic (exact) mass is 526 g/mol. The van der Waals surface area contributed by atoms with Crippen molar-refractivity contribution in [2.75, 3.05) is 23.9 Å². The molecule has 4 aromatic rings. The van der Waals surface area contributed by atoms with Crippen LogP contribution in [0.5, 0.6) is 0 Å². The van der Waals surface area contributed by atoms with E-state index < -0.39 is 0 Å². The Labute approximate surface area is 236 Å². The Bertz CT molecular complexity index is 1610. The maximum absolute atomic E-state index is 4.63. The number of benzene rings is 4. The third kappa shape index (κ3) is 4.02. The highest BCUT2D eigenvalue weighted by Crippen LogP contribution is 2.48. The maximum Gasteiger partial charge on any atom is 0.0935 e. The van der Waals surface area contributed by atoms with Gasteiger partial charge >= 0.3 is 0 Å². The summed E-state index contributed by atoms with van der Waals surface area (Å²) in [7, 11) is 4.17. The Morgan fingerprint density at radius 3 is 1.32 bits per heavy atom. The van der Waals surface area contributed by atoms with E-state index in [9.17, 15) is 0 Å². The molecule has 0 saturated heterocycles. The lowest BCUT2D eigenvalue weighted by Gasteiger charge is -2.22. The van der Waals surface area contributed by atoms with Crippen molar-refractivity contribution in [2.45, 2.75) is 38.5 Å². The van der Waals surface area contributed by atoms with Crippen LogP contribution in [0.15, 0.2) is 129 Å². The van der Waals surface area contributed by atoms with Crippen LogP contribution in [0.1, 0.15) is 38.8 Å². The van der Waals surface area contributed by atoms with Crippen LogP contribution in [-0.2, 0) is 10.8 Å². The molecule has 0 N–H and O–H groups in total. The topological polar surface area (TPSA) is 55.9 Å². The van der Waals surface area contributed by atoms with Crippen molar-refractivity contribution in [3.05, 3.63) is 120 Å². The predicted octanol–water partition coefficient (Wildman–Crippen LogP) is 9.55. The zero-order valence-electron chi connectivity index (χ0n) is 23.9. The normalized spacial score (nSPS) is 19.4. The third-order valence-corrected chi connectivity index (χ3v) is 8.45. The van der Waals surface area contributed by atoms with Gasteiger partial charge < -0.3 is 9.80 Å². The molecule has 0 aliphatic carbocycles. The lowest BCUT2D eigenvalue weighted by atomic mass is 9.84. The minimum atomic E-state index is -0.144. The molecule has 4 aromatic carbocycles. The Morgan fingerprint density at radius 1 is 0.525 bits per heavy atom. The van der Waals surface area contributed by atoms with E-state index in [1.165, 1.54) is 22.5 Å². The lowest BCUT2D eigenvalue weighted by Crippen LogP contribution is -2.22. The van der Waals surface area contributed by atoms with E-state index in [0.717, 1.165) is 33.5 Å². The molecule has 0 radical (unpaired) electrons. The number of hydrogen-bond acceptors (Lipinski definition) is 6. The number of azo groups is 2. The van der Waals surface area contributed by atoms with Gasteiger partial charge in [0.25, 0.3) is 0 Å². The molecule has 0 aromatic heterocycles. The lowest BCUT2D eigenvalue weighted by molar-refractivity contribution is 0.637. The van der Waals surface area contributed by atoms with Gasteiger partial charge in [-0.15, -0.1) is 0 Å². The first-order valence-electron chi connectivity index (χ1n) is 13.6. The Hall–Kier alpha value is -4.58. The molecule has 0 saturated carbocycles. The number of hydrogen-bond donors (Lipinski definition) is 0. The Morgan fingerprint density at radius 2 is 0.925 bits per heavy atom. The Kier molecular flexibility index (Phi) is 6.14. The van der Waals surface area contributed by atoms with Crippen molar-refractivity contribution in [3.63, 3.8) is 0 Å². The largest absolute Gasteiger partial charge is 0.346 e. The number of nitrogens with zero attached hydrogens (tertiary/aromatic N) is 6. The highest BCUT2D eigenvalue weighted by molar-refractivity contribution is 5.99. The molecule has 6 heteroatoms. The van der Waals surface area contributed by atoms with Crippen molar-refractivity contribution in [2.24, 2.45) is 20.5 Å². The first kappa shape index (κ1) is 25.7. The van der Waals surface area contributed by atoms with Crippen molar-refractivity contribution >= 4 is 33.5 Å². The van der Waals surface area contributed by atoms with Gasteiger partial charge in [0.05, 0.1) is 23.8 Å². The highest BCUT2D eigenvalue weighted by Gasteiger charge is 2.39. The third-order valence-electron chi connectivity index (χ3n) is 8.45. The highest BCUT2D eigenvalue weighted by atomic mass is 15.2. The molecular weight excluding hydrogens is 492 g/mol. The smallest absolute Gasteiger partial charge is 0.0935 e. The average Bonchev–Trinajstić information content (AvgIpc) is 3.27. The van der Waals surface area contributed by atoms with Gasteiger partial charge in [-0.3, -0.25) is 0 Å². The summed E-state index contributed by atoms with van der Waals surface area (Å²) < 4.78 is 0. The minimum Gasteiger partial charge on any atom is -0.346 e. The summed E-state index contributed by atoms with van der Waals surface area (Å²) in [5.41, 5.74) is 8.55. The van der Waals surface area contributed by atoms with Crippen molar-refractivity contribution in [3.8, 4) is 0 Å². The molecule has 0 fully saturated rings. The van der Waals surface area contributed by atoms with E-state index in [0.29, 0.717) is 0 Å². The average molecular weight is 527 g/mol. The molecule has 0 spiro atoms. The second-order valence-corrected chi connectivity index (χ2v) is 11.5. The number of fused-ring (bicyclic) bond motifs is 3. The standard InChI is InChI=1S/C34H34N6/c1-33(2)25-15-7-9-19-29(25)39(5)31(33)21-35-37-27-17-11-14-24-23(27)13-12-18-28(24)38-36-22-32-34(3,4)26-16-8-10-20-30(26)40(32)6/h7-22H,1-6H3/b31-21+,32-22+,37-35?,38-36?. The molecular formula is C34H34N6. The predicted molar refractivity (Wildman–Crippen MR) is 165 cm³/mol. The molecule has 6 nitrogen and oxygen atoms in total. The summed E-state index contributed by atoms with van der Waals surface area (Å²) in [6.45, 7) is 8.91. The van der Waals surface area contributed by atoms with Gasteiger partial charge in [-0.25, -0.2) is 0 Å². The van der Waals surface area contributed by atoms with Crippen LogP contribution in [0.4, 0.5) is 22.7 Å². The van der Waals surface area contributed by atoms with Crippen molar-refractivity contribution < 1.29 is 0 Å². The molecule has 0 amide bonds. The van der Waals surface area contributed by atoms with Gasteiger partial charge in [-0.2, -0.15) is 20.5 Å². The van der Waals surface area contributed by atoms with Gasteiger partial charge in [-0.05, 0) is 35.4 Å². The van der Waals surface area contributed by atoms with E-state index in [2.05, 4.69) is 133 Å². The van der Waals surface area contributed by atoms with Crippen LogP contribution >= 0.6 is 0 Å². The van der Waals surface area contributed by atoms with Crippen LogP contribution in [0.2, 0.25) is 0 Å². The minimum absolute atomic E-state index is 0.144. The fourth-order valence-electron chi connectivity index (χ4n) is 6.20. The summed E-state index contributed by atoms with van der Waals surface area (Å²) >= 11 is 0. The van der Waals surface area contributed by atoms with Gasteiger partial charge in [0.2, 0.25) is 0 Å². The molecule has 200 valence electrons. The summed E-state index contributed by atoms with van der Waals surface area (Å²) in [5, 5.41) is 20.3. The summed E-state index contributed by atoms with van der Waals surface area (Å²) in [4.78, 5) is 4.40. The number of likely N-dealkylation sites (N-methyl/N-ethyl adjacent to an activating group) is 2. The van der Waals surface area contributed by atoms with Crippen LogP contribution in [0.3, 0.4) is 0 Å². The fraction of sp³-hybridized carbons (Fsp3) is 0.235.